The van der Waals surface area contributed by atoms with Gasteiger partial charge in [0.1, 0.15) is 0 Å². The normalized spacial score (nSPS) is 17.7. The summed E-state index contributed by atoms with van der Waals surface area (Å²) in [5.74, 6) is -0.156. The fourth-order valence-electron chi connectivity index (χ4n) is 3.16. The standard InChI is InChI=1S/C17H23N5O3/c1-11-14-8-12(9-20-16(14)25-21-11)17(24)22-7-3-2-4-13(22)10-19-15(23)5-6-18/h8-9,13H,2-7,10,18H2,1H3,(H,19,23). The summed E-state index contributed by atoms with van der Waals surface area (Å²) in [4.78, 5) is 30.6. The lowest BCUT2D eigenvalue weighted by atomic mass is 10.0. The molecular formula is C17H23N5O3. The van der Waals surface area contributed by atoms with Gasteiger partial charge in [0.2, 0.25) is 5.91 Å². The van der Waals surface area contributed by atoms with Crippen molar-refractivity contribution in [2.75, 3.05) is 19.6 Å². The quantitative estimate of drug-likeness (QED) is 0.835. The minimum atomic E-state index is -0.0799. The number of aromatic nitrogens is 2. The lowest BCUT2D eigenvalue weighted by molar-refractivity contribution is -0.121. The van der Waals surface area contributed by atoms with Gasteiger partial charge in [-0.2, -0.15) is 0 Å². The lowest BCUT2D eigenvalue weighted by Crippen LogP contribution is -2.49. The highest BCUT2D eigenvalue weighted by atomic mass is 16.5. The van der Waals surface area contributed by atoms with Crippen LogP contribution in [0.3, 0.4) is 0 Å². The molecule has 0 spiro atoms. The number of carbonyl (C=O) groups is 2. The fourth-order valence-corrected chi connectivity index (χ4v) is 3.16. The minimum Gasteiger partial charge on any atom is -0.354 e. The van der Waals surface area contributed by atoms with E-state index < -0.39 is 0 Å². The van der Waals surface area contributed by atoms with Gasteiger partial charge in [0.05, 0.1) is 16.6 Å². The summed E-state index contributed by atoms with van der Waals surface area (Å²) in [6.45, 7) is 3.27. The Morgan fingerprint density at radius 1 is 1.44 bits per heavy atom. The van der Waals surface area contributed by atoms with Crippen LogP contribution in [0.2, 0.25) is 0 Å². The maximum absolute atomic E-state index is 13.0. The third-order valence-corrected chi connectivity index (χ3v) is 4.55. The van der Waals surface area contributed by atoms with Crippen LogP contribution in [-0.2, 0) is 4.79 Å². The Morgan fingerprint density at radius 3 is 3.08 bits per heavy atom. The third-order valence-electron chi connectivity index (χ3n) is 4.55. The molecule has 1 atom stereocenters. The van der Waals surface area contributed by atoms with Crippen molar-refractivity contribution in [2.24, 2.45) is 5.73 Å². The van der Waals surface area contributed by atoms with E-state index in [9.17, 15) is 9.59 Å². The van der Waals surface area contributed by atoms with Crippen LogP contribution in [0.4, 0.5) is 0 Å². The average molecular weight is 345 g/mol. The number of nitrogens with one attached hydrogen (secondary N) is 1. The van der Waals surface area contributed by atoms with Crippen LogP contribution in [0.25, 0.3) is 11.1 Å². The fraction of sp³-hybridized carbons (Fsp3) is 0.529. The molecule has 0 radical (unpaired) electrons. The molecule has 0 aliphatic carbocycles. The molecule has 134 valence electrons. The molecule has 2 amide bonds. The largest absolute Gasteiger partial charge is 0.354 e. The van der Waals surface area contributed by atoms with Crippen LogP contribution < -0.4 is 11.1 Å². The first-order chi connectivity index (χ1) is 12.1. The number of nitrogens with zero attached hydrogens (tertiary/aromatic N) is 3. The molecule has 1 fully saturated rings. The van der Waals surface area contributed by atoms with Crippen molar-refractivity contribution in [1.29, 1.82) is 0 Å². The number of fused-ring (bicyclic) bond motifs is 1. The number of hydrogen-bond acceptors (Lipinski definition) is 6. The second-order valence-electron chi connectivity index (χ2n) is 6.34. The Bertz CT molecular complexity index is 773. The number of hydrogen-bond donors (Lipinski definition) is 2. The molecule has 0 bridgehead atoms. The number of aryl methyl sites for hydroxylation is 1. The summed E-state index contributed by atoms with van der Waals surface area (Å²) in [7, 11) is 0. The summed E-state index contributed by atoms with van der Waals surface area (Å²) in [5.41, 5.74) is 7.04. The van der Waals surface area contributed by atoms with E-state index in [1.165, 1.54) is 6.20 Å². The van der Waals surface area contributed by atoms with Gasteiger partial charge in [0.15, 0.2) is 0 Å². The van der Waals surface area contributed by atoms with E-state index >= 15 is 0 Å². The maximum atomic E-state index is 13.0. The van der Waals surface area contributed by atoms with Gasteiger partial charge >= 0.3 is 0 Å². The SMILES string of the molecule is Cc1noc2ncc(C(=O)N3CCCCC3CNC(=O)CCN)cc12. The first-order valence-corrected chi connectivity index (χ1v) is 8.60. The van der Waals surface area contributed by atoms with Crippen LogP contribution in [0.5, 0.6) is 0 Å². The minimum absolute atomic E-state index is 0.0118. The van der Waals surface area contributed by atoms with E-state index in [-0.39, 0.29) is 17.9 Å². The van der Waals surface area contributed by atoms with Gasteiger partial charge in [-0.25, -0.2) is 4.98 Å². The molecule has 0 saturated carbocycles. The van der Waals surface area contributed by atoms with Crippen molar-refractivity contribution in [1.82, 2.24) is 20.4 Å². The molecule has 3 N–H and O–H groups in total. The summed E-state index contributed by atoms with van der Waals surface area (Å²) < 4.78 is 5.09. The summed E-state index contributed by atoms with van der Waals surface area (Å²) in [5, 5.41) is 7.49. The van der Waals surface area contributed by atoms with Crippen molar-refractivity contribution < 1.29 is 14.1 Å². The molecule has 1 saturated heterocycles. The molecular weight excluding hydrogens is 322 g/mol. The van der Waals surface area contributed by atoms with Crippen molar-refractivity contribution in [3.05, 3.63) is 23.5 Å². The van der Waals surface area contributed by atoms with E-state index in [0.717, 1.165) is 24.6 Å². The van der Waals surface area contributed by atoms with Crippen LogP contribution in [0.1, 0.15) is 41.7 Å². The zero-order valence-corrected chi connectivity index (χ0v) is 14.3. The molecule has 2 aromatic heterocycles. The molecule has 2 aromatic rings. The summed E-state index contributed by atoms with van der Waals surface area (Å²) in [6, 6.07) is 1.76. The number of carbonyl (C=O) groups excluding carboxylic acids is 2. The van der Waals surface area contributed by atoms with Crippen molar-refractivity contribution in [3.63, 3.8) is 0 Å². The Kier molecular flexibility index (Phi) is 5.28. The molecule has 8 heteroatoms. The van der Waals surface area contributed by atoms with Crippen molar-refractivity contribution in [3.8, 4) is 0 Å². The van der Waals surface area contributed by atoms with E-state index in [2.05, 4.69) is 15.5 Å². The number of nitrogens with two attached hydrogens (primary N) is 1. The highest BCUT2D eigenvalue weighted by Gasteiger charge is 2.28. The third kappa shape index (κ3) is 3.79. The number of pyridine rings is 1. The van der Waals surface area contributed by atoms with E-state index in [0.29, 0.717) is 43.0 Å². The van der Waals surface area contributed by atoms with Gasteiger partial charge < -0.3 is 20.5 Å². The van der Waals surface area contributed by atoms with Gasteiger partial charge in [-0.15, -0.1) is 0 Å². The van der Waals surface area contributed by atoms with Gasteiger partial charge in [-0.1, -0.05) is 5.16 Å². The van der Waals surface area contributed by atoms with Crippen LogP contribution in [0, 0.1) is 6.92 Å². The van der Waals surface area contributed by atoms with Gasteiger partial charge in [-0.3, -0.25) is 9.59 Å². The number of likely N-dealkylation sites (tertiary alicyclic amines) is 1. The molecule has 3 rings (SSSR count). The molecule has 1 aliphatic heterocycles. The number of rotatable bonds is 5. The first-order valence-electron chi connectivity index (χ1n) is 8.60. The maximum Gasteiger partial charge on any atom is 0.257 e. The highest BCUT2D eigenvalue weighted by molar-refractivity contribution is 5.97. The first kappa shape index (κ1) is 17.3. The molecule has 8 nitrogen and oxygen atoms in total. The van der Waals surface area contributed by atoms with Gasteiger partial charge in [-0.05, 0) is 32.3 Å². The van der Waals surface area contributed by atoms with Crippen molar-refractivity contribution >= 4 is 22.9 Å². The lowest BCUT2D eigenvalue weighted by Gasteiger charge is -2.36. The number of amides is 2. The molecule has 3 heterocycles. The van der Waals surface area contributed by atoms with E-state index in [1.54, 1.807) is 6.07 Å². The predicted octanol–water partition coefficient (Wildman–Crippen LogP) is 0.991. The number of piperidine rings is 1. The Balaban J connectivity index is 1.75. The molecule has 25 heavy (non-hydrogen) atoms. The van der Waals surface area contributed by atoms with Crippen molar-refractivity contribution in [2.45, 2.75) is 38.6 Å². The van der Waals surface area contributed by atoms with Crippen LogP contribution in [0.15, 0.2) is 16.8 Å². The summed E-state index contributed by atoms with van der Waals surface area (Å²) >= 11 is 0. The smallest absolute Gasteiger partial charge is 0.257 e. The molecule has 0 aromatic carbocycles. The van der Waals surface area contributed by atoms with E-state index in [1.807, 2.05) is 11.8 Å². The second kappa shape index (κ2) is 7.60. The van der Waals surface area contributed by atoms with E-state index in [4.69, 9.17) is 10.3 Å². The second-order valence-corrected chi connectivity index (χ2v) is 6.34. The Labute approximate surface area is 145 Å². The molecule has 1 aliphatic rings. The predicted molar refractivity (Wildman–Crippen MR) is 91.9 cm³/mol. The Hall–Kier alpha value is -2.48. The zero-order chi connectivity index (χ0) is 17.8. The van der Waals surface area contributed by atoms with Crippen LogP contribution in [-0.4, -0.2) is 52.5 Å². The molecule has 1 unspecified atom stereocenters. The Morgan fingerprint density at radius 2 is 2.28 bits per heavy atom. The average Bonchev–Trinajstić information content (AvgIpc) is 3.00. The van der Waals surface area contributed by atoms with Gasteiger partial charge in [0, 0.05) is 38.3 Å². The summed E-state index contributed by atoms with van der Waals surface area (Å²) in [6.07, 6.45) is 4.70. The topological polar surface area (TPSA) is 114 Å². The monoisotopic (exact) mass is 345 g/mol. The zero-order valence-electron chi connectivity index (χ0n) is 14.3. The van der Waals surface area contributed by atoms with Gasteiger partial charge in [0.25, 0.3) is 11.6 Å². The van der Waals surface area contributed by atoms with Crippen LogP contribution >= 0.6 is 0 Å². The highest BCUT2D eigenvalue weighted by Crippen LogP contribution is 2.22.